The molecule has 0 aromatic heterocycles. The molecule has 1 atom stereocenters. The predicted molar refractivity (Wildman–Crippen MR) is 36.1 cm³/mol. The number of ether oxygens (including phenoxy) is 1. The lowest BCUT2D eigenvalue weighted by Crippen LogP contribution is -2.66. The van der Waals surface area contributed by atoms with Gasteiger partial charge in [0.2, 0.25) is 5.41 Å². The number of alkyl halides is 8. The van der Waals surface area contributed by atoms with Crippen LogP contribution in [-0.4, -0.2) is 36.3 Å². The van der Waals surface area contributed by atoms with Gasteiger partial charge in [0.1, 0.15) is 6.61 Å². The molecule has 0 saturated carbocycles. The second-order valence-electron chi connectivity index (χ2n) is 3.58. The van der Waals surface area contributed by atoms with Crippen molar-refractivity contribution < 1.29 is 45.0 Å². The van der Waals surface area contributed by atoms with Crippen molar-refractivity contribution >= 4 is 0 Å². The fourth-order valence-electron chi connectivity index (χ4n) is 1.60. The molecule has 2 nitrogen and oxygen atoms in total. The Balaban J connectivity index is 3.39. The van der Waals surface area contributed by atoms with Gasteiger partial charge in [0.25, 0.3) is 5.92 Å². The summed E-state index contributed by atoms with van der Waals surface area (Å²) in [6.07, 6.45) is -17.3. The Bertz CT molecular complexity index is 279. The summed E-state index contributed by atoms with van der Waals surface area (Å²) in [6, 6.07) is 0. The van der Waals surface area contributed by atoms with Gasteiger partial charge in [-0.25, -0.2) is 8.78 Å². The Kier molecular flexibility index (Phi) is 3.12. The van der Waals surface area contributed by atoms with Gasteiger partial charge in [0.15, 0.2) is 6.29 Å². The molecular formula is C7H6F8O2. The van der Waals surface area contributed by atoms with Gasteiger partial charge >= 0.3 is 12.4 Å². The fraction of sp³-hybridized carbons (Fsp3) is 1.00. The number of hydrogen-bond acceptors (Lipinski definition) is 2. The molecule has 0 bridgehead atoms. The van der Waals surface area contributed by atoms with Crippen molar-refractivity contribution in [2.45, 2.75) is 31.0 Å². The maximum Gasteiger partial charge on any atom is 0.409 e. The first-order valence-electron chi connectivity index (χ1n) is 4.16. The number of hydrogen-bond donors (Lipinski definition) is 1. The molecule has 10 heteroatoms. The summed E-state index contributed by atoms with van der Waals surface area (Å²) in [5, 5.41) is 8.65. The molecule has 1 fully saturated rings. The molecule has 1 heterocycles. The van der Waals surface area contributed by atoms with Crippen LogP contribution >= 0.6 is 0 Å². The van der Waals surface area contributed by atoms with Crippen molar-refractivity contribution in [2.75, 3.05) is 6.61 Å². The molecule has 1 unspecified atom stereocenters. The second kappa shape index (κ2) is 3.67. The van der Waals surface area contributed by atoms with Crippen LogP contribution in [0.25, 0.3) is 0 Å². The van der Waals surface area contributed by atoms with Crippen LogP contribution in [0.15, 0.2) is 0 Å². The monoisotopic (exact) mass is 274 g/mol. The summed E-state index contributed by atoms with van der Waals surface area (Å²) in [4.78, 5) is 0. The lowest BCUT2D eigenvalue weighted by atomic mass is 9.75. The zero-order valence-corrected chi connectivity index (χ0v) is 7.87. The minimum atomic E-state index is -6.25. The van der Waals surface area contributed by atoms with Crippen LogP contribution < -0.4 is 0 Å². The molecule has 102 valence electrons. The predicted octanol–water partition coefficient (Wildman–Crippen LogP) is 2.47. The second-order valence-corrected chi connectivity index (χ2v) is 3.58. The molecule has 0 radical (unpaired) electrons. The van der Waals surface area contributed by atoms with Crippen LogP contribution in [0.3, 0.4) is 0 Å². The third kappa shape index (κ3) is 1.96. The molecule has 1 aliphatic rings. The van der Waals surface area contributed by atoms with Gasteiger partial charge in [0.05, 0.1) is 0 Å². The van der Waals surface area contributed by atoms with Crippen molar-refractivity contribution in [3.63, 3.8) is 0 Å². The molecule has 17 heavy (non-hydrogen) atoms. The zero-order valence-electron chi connectivity index (χ0n) is 7.87. The maximum atomic E-state index is 13.0. The lowest BCUT2D eigenvalue weighted by Gasteiger charge is -2.46. The van der Waals surface area contributed by atoms with E-state index in [9.17, 15) is 35.1 Å². The topological polar surface area (TPSA) is 29.5 Å². The van der Waals surface area contributed by atoms with Gasteiger partial charge < -0.3 is 9.84 Å². The van der Waals surface area contributed by atoms with Gasteiger partial charge in [-0.05, 0) is 0 Å². The average molecular weight is 274 g/mol. The van der Waals surface area contributed by atoms with E-state index in [-0.39, 0.29) is 0 Å². The van der Waals surface area contributed by atoms with E-state index in [0.717, 1.165) is 0 Å². The molecule has 0 spiro atoms. The summed E-state index contributed by atoms with van der Waals surface area (Å²) >= 11 is 0. The first-order chi connectivity index (χ1) is 7.35. The largest absolute Gasteiger partial charge is 0.409 e. The van der Waals surface area contributed by atoms with E-state index in [0.29, 0.717) is 0 Å². The minimum absolute atomic E-state index is 2.15. The Hall–Kier alpha value is -0.640. The number of rotatable bonds is 0. The molecule has 1 saturated heterocycles. The zero-order chi connectivity index (χ0) is 13.7. The van der Waals surface area contributed by atoms with Gasteiger partial charge in [-0.3, -0.25) is 0 Å². The molecular weight excluding hydrogens is 268 g/mol. The summed E-state index contributed by atoms with van der Waals surface area (Å²) in [5.41, 5.74) is -5.29. The standard InChI is InChI=1S/C7H6F8O2/c8-5(9)2-17-3(16)1-4(5,6(10,11)12)7(13,14)15/h3,16H,1-2H2. The van der Waals surface area contributed by atoms with Crippen LogP contribution in [0.1, 0.15) is 6.42 Å². The third-order valence-corrected chi connectivity index (χ3v) is 2.53. The highest BCUT2D eigenvalue weighted by Gasteiger charge is 2.83. The third-order valence-electron chi connectivity index (χ3n) is 2.53. The van der Waals surface area contributed by atoms with Crippen LogP contribution in [0.5, 0.6) is 0 Å². The van der Waals surface area contributed by atoms with E-state index in [1.165, 1.54) is 0 Å². The van der Waals surface area contributed by atoms with Crippen LogP contribution in [0, 0.1) is 5.41 Å². The van der Waals surface area contributed by atoms with E-state index in [4.69, 9.17) is 5.11 Å². The number of aliphatic hydroxyl groups excluding tert-OH is 1. The Morgan fingerprint density at radius 2 is 1.41 bits per heavy atom. The summed E-state index contributed by atoms with van der Waals surface area (Å²) in [5.74, 6) is -5.19. The van der Waals surface area contributed by atoms with Crippen LogP contribution in [-0.2, 0) is 4.74 Å². The summed E-state index contributed by atoms with van der Waals surface area (Å²) < 4.78 is 104. The van der Waals surface area contributed by atoms with Crippen LogP contribution in [0.4, 0.5) is 35.1 Å². The first-order valence-corrected chi connectivity index (χ1v) is 4.16. The summed E-state index contributed by atoms with van der Waals surface area (Å²) in [7, 11) is 0. The lowest BCUT2D eigenvalue weighted by molar-refractivity contribution is -0.436. The van der Waals surface area contributed by atoms with E-state index in [1.54, 1.807) is 0 Å². The average Bonchev–Trinajstić information content (AvgIpc) is 2.04. The molecule has 1 rings (SSSR count). The SMILES string of the molecule is OC1CC(C(F)(F)F)(C(F)(F)F)C(F)(F)CO1. The molecule has 0 aromatic carbocycles. The Morgan fingerprint density at radius 1 is 1.00 bits per heavy atom. The van der Waals surface area contributed by atoms with E-state index < -0.39 is 43.0 Å². The van der Waals surface area contributed by atoms with Crippen molar-refractivity contribution in [3.8, 4) is 0 Å². The van der Waals surface area contributed by atoms with Gasteiger partial charge in [0, 0.05) is 6.42 Å². The highest BCUT2D eigenvalue weighted by atomic mass is 19.4. The summed E-state index contributed by atoms with van der Waals surface area (Å²) in [6.45, 7) is -2.15. The molecule has 0 aliphatic carbocycles. The molecule has 1 aliphatic heterocycles. The highest BCUT2D eigenvalue weighted by Crippen LogP contribution is 2.62. The molecule has 0 aromatic rings. The Labute approximate surface area is 89.2 Å². The molecule has 1 N–H and O–H groups in total. The van der Waals surface area contributed by atoms with Crippen LogP contribution in [0.2, 0.25) is 0 Å². The first kappa shape index (κ1) is 14.4. The van der Waals surface area contributed by atoms with Crippen molar-refractivity contribution in [1.82, 2.24) is 0 Å². The fourth-order valence-corrected chi connectivity index (χ4v) is 1.60. The van der Waals surface area contributed by atoms with E-state index in [1.807, 2.05) is 0 Å². The highest BCUT2D eigenvalue weighted by molar-refractivity contribution is 5.05. The van der Waals surface area contributed by atoms with Gasteiger partial charge in [-0.15, -0.1) is 0 Å². The van der Waals surface area contributed by atoms with Crippen molar-refractivity contribution in [1.29, 1.82) is 0 Å². The molecule has 0 amide bonds. The number of halogens is 8. The van der Waals surface area contributed by atoms with E-state index >= 15 is 0 Å². The number of aliphatic hydroxyl groups is 1. The van der Waals surface area contributed by atoms with Crippen molar-refractivity contribution in [3.05, 3.63) is 0 Å². The smallest absolute Gasteiger partial charge is 0.368 e. The van der Waals surface area contributed by atoms with E-state index in [2.05, 4.69) is 4.74 Å². The van der Waals surface area contributed by atoms with Crippen molar-refractivity contribution in [2.24, 2.45) is 5.41 Å². The van der Waals surface area contributed by atoms with Gasteiger partial charge in [-0.2, -0.15) is 26.3 Å². The normalized spacial score (nSPS) is 29.1. The van der Waals surface area contributed by atoms with Gasteiger partial charge in [-0.1, -0.05) is 0 Å². The Morgan fingerprint density at radius 3 is 1.71 bits per heavy atom. The maximum absolute atomic E-state index is 13.0. The minimum Gasteiger partial charge on any atom is -0.368 e. The quantitative estimate of drug-likeness (QED) is 0.688.